The summed E-state index contributed by atoms with van der Waals surface area (Å²) in [6.45, 7) is 8.49. The van der Waals surface area contributed by atoms with Crippen LogP contribution in [0.3, 0.4) is 0 Å². The van der Waals surface area contributed by atoms with Gasteiger partial charge in [-0.1, -0.05) is 68.1 Å². The summed E-state index contributed by atoms with van der Waals surface area (Å²) in [4.78, 5) is 12.5. The number of para-hydroxylation sites is 1. The lowest BCUT2D eigenvalue weighted by Gasteiger charge is -2.15. The molecule has 3 aromatic rings. The Morgan fingerprint density at radius 3 is 2.52 bits per heavy atom. The molecule has 152 valence electrons. The van der Waals surface area contributed by atoms with E-state index in [0.717, 1.165) is 23.2 Å². The molecule has 0 radical (unpaired) electrons. The molecule has 0 aliphatic carbocycles. The van der Waals surface area contributed by atoms with Crippen LogP contribution in [0.1, 0.15) is 43.5 Å². The van der Waals surface area contributed by atoms with Crippen molar-refractivity contribution >= 4 is 17.7 Å². The van der Waals surface area contributed by atoms with E-state index in [4.69, 9.17) is 0 Å². The van der Waals surface area contributed by atoms with Crippen LogP contribution < -0.4 is 5.32 Å². The van der Waals surface area contributed by atoms with Gasteiger partial charge in [0.1, 0.15) is 6.33 Å². The SMILES string of the molecule is Cc1ccccc1-n1cnnc1SCC(=O)NC(C)c1ccc(CC(C)C)cc1. The molecule has 0 aliphatic heterocycles. The summed E-state index contributed by atoms with van der Waals surface area (Å²) in [5.41, 5.74) is 4.59. The first kappa shape index (κ1) is 21.1. The third-order valence-corrected chi connectivity index (χ3v) is 5.67. The van der Waals surface area contributed by atoms with Crippen molar-refractivity contribution in [1.29, 1.82) is 0 Å². The highest BCUT2D eigenvalue weighted by atomic mass is 32.2. The average Bonchev–Trinajstić information content (AvgIpc) is 3.15. The smallest absolute Gasteiger partial charge is 0.230 e. The Morgan fingerprint density at radius 2 is 1.83 bits per heavy atom. The van der Waals surface area contributed by atoms with Crippen molar-refractivity contribution in [1.82, 2.24) is 20.1 Å². The molecule has 1 aromatic heterocycles. The van der Waals surface area contributed by atoms with Crippen LogP contribution in [-0.4, -0.2) is 26.4 Å². The van der Waals surface area contributed by atoms with Gasteiger partial charge in [-0.15, -0.1) is 10.2 Å². The summed E-state index contributed by atoms with van der Waals surface area (Å²) in [5, 5.41) is 12.0. The number of carbonyl (C=O) groups excluding carboxylic acids is 1. The Hall–Kier alpha value is -2.60. The highest BCUT2D eigenvalue weighted by molar-refractivity contribution is 7.99. The van der Waals surface area contributed by atoms with Gasteiger partial charge >= 0.3 is 0 Å². The fourth-order valence-electron chi connectivity index (χ4n) is 3.23. The molecule has 0 saturated carbocycles. The lowest BCUT2D eigenvalue weighted by atomic mass is 10.00. The number of hydrogen-bond donors (Lipinski definition) is 1. The second-order valence-electron chi connectivity index (χ2n) is 7.69. The molecule has 29 heavy (non-hydrogen) atoms. The van der Waals surface area contributed by atoms with Crippen LogP contribution in [0, 0.1) is 12.8 Å². The molecule has 1 amide bonds. The minimum atomic E-state index is -0.0366. The zero-order valence-corrected chi connectivity index (χ0v) is 18.2. The quantitative estimate of drug-likeness (QED) is 0.547. The Balaban J connectivity index is 1.57. The first-order valence-corrected chi connectivity index (χ1v) is 10.9. The third-order valence-electron chi connectivity index (χ3n) is 4.72. The molecule has 0 fully saturated rings. The number of nitrogens with zero attached hydrogens (tertiary/aromatic N) is 3. The molecular formula is C23H28N4OS. The maximum Gasteiger partial charge on any atom is 0.230 e. The normalized spacial score (nSPS) is 12.2. The number of thioether (sulfide) groups is 1. The van der Waals surface area contributed by atoms with E-state index in [9.17, 15) is 4.79 Å². The number of amides is 1. The fraction of sp³-hybridized carbons (Fsp3) is 0.348. The molecule has 2 aromatic carbocycles. The van der Waals surface area contributed by atoms with Crippen molar-refractivity contribution < 1.29 is 4.79 Å². The van der Waals surface area contributed by atoms with Gasteiger partial charge in [0.05, 0.1) is 17.5 Å². The molecule has 6 heteroatoms. The van der Waals surface area contributed by atoms with Crippen LogP contribution in [0.15, 0.2) is 60.0 Å². The van der Waals surface area contributed by atoms with Crippen molar-refractivity contribution in [3.8, 4) is 5.69 Å². The van der Waals surface area contributed by atoms with Gasteiger partial charge in [-0.2, -0.15) is 0 Å². The van der Waals surface area contributed by atoms with Crippen LogP contribution in [0.2, 0.25) is 0 Å². The minimum absolute atomic E-state index is 0.0203. The standard InChI is InChI=1S/C23H28N4OS/c1-16(2)13-19-9-11-20(12-10-19)18(4)25-22(28)14-29-23-26-24-15-27(23)21-8-6-5-7-17(21)3/h5-12,15-16,18H,13-14H2,1-4H3,(H,25,28). The van der Waals surface area contributed by atoms with Gasteiger partial charge in [0.25, 0.3) is 0 Å². The number of rotatable bonds is 8. The summed E-state index contributed by atoms with van der Waals surface area (Å²) in [6, 6.07) is 16.5. The lowest BCUT2D eigenvalue weighted by Crippen LogP contribution is -2.28. The molecule has 1 heterocycles. The van der Waals surface area contributed by atoms with E-state index in [1.807, 2.05) is 42.7 Å². The Labute approximate surface area is 176 Å². The zero-order valence-electron chi connectivity index (χ0n) is 17.4. The number of hydrogen-bond acceptors (Lipinski definition) is 4. The summed E-state index contributed by atoms with van der Waals surface area (Å²) in [7, 11) is 0. The van der Waals surface area contributed by atoms with Crippen molar-refractivity contribution in [2.45, 2.75) is 45.3 Å². The van der Waals surface area contributed by atoms with Crippen molar-refractivity contribution in [3.63, 3.8) is 0 Å². The van der Waals surface area contributed by atoms with E-state index < -0.39 is 0 Å². The molecule has 1 unspecified atom stereocenters. The topological polar surface area (TPSA) is 59.8 Å². The Morgan fingerprint density at radius 1 is 1.10 bits per heavy atom. The number of nitrogens with one attached hydrogen (secondary N) is 1. The molecule has 1 N–H and O–H groups in total. The zero-order chi connectivity index (χ0) is 20.8. The third kappa shape index (κ3) is 5.70. The van der Waals surface area contributed by atoms with E-state index in [1.54, 1.807) is 6.33 Å². The maximum absolute atomic E-state index is 12.5. The van der Waals surface area contributed by atoms with E-state index >= 15 is 0 Å². The molecule has 3 rings (SSSR count). The minimum Gasteiger partial charge on any atom is -0.349 e. The summed E-state index contributed by atoms with van der Waals surface area (Å²) < 4.78 is 1.92. The molecule has 0 bridgehead atoms. The molecule has 5 nitrogen and oxygen atoms in total. The fourth-order valence-corrected chi connectivity index (χ4v) is 3.97. The van der Waals surface area contributed by atoms with E-state index in [2.05, 4.69) is 53.6 Å². The Kier molecular flexibility index (Phi) is 7.09. The highest BCUT2D eigenvalue weighted by Crippen LogP contribution is 2.22. The van der Waals surface area contributed by atoms with Gasteiger partial charge < -0.3 is 5.32 Å². The Bertz CT molecular complexity index is 950. The first-order chi connectivity index (χ1) is 13.9. The summed E-state index contributed by atoms with van der Waals surface area (Å²) in [6.07, 6.45) is 2.75. The average molecular weight is 409 g/mol. The van der Waals surface area contributed by atoms with Gasteiger partial charge in [0.2, 0.25) is 5.91 Å². The molecule has 0 saturated heterocycles. The maximum atomic E-state index is 12.5. The van der Waals surface area contributed by atoms with Crippen LogP contribution in [-0.2, 0) is 11.2 Å². The second-order valence-corrected chi connectivity index (χ2v) is 8.63. The van der Waals surface area contributed by atoms with Gasteiger partial charge in [-0.25, -0.2) is 0 Å². The molecule has 1 atom stereocenters. The van der Waals surface area contributed by atoms with Crippen LogP contribution in [0.4, 0.5) is 0 Å². The van der Waals surface area contributed by atoms with E-state index in [0.29, 0.717) is 16.8 Å². The van der Waals surface area contributed by atoms with Gasteiger partial charge in [-0.05, 0) is 48.9 Å². The van der Waals surface area contributed by atoms with Crippen molar-refractivity contribution in [2.24, 2.45) is 5.92 Å². The summed E-state index contributed by atoms with van der Waals surface area (Å²) in [5.74, 6) is 0.908. The molecule has 0 aliphatic rings. The molecule has 0 spiro atoms. The number of aromatic nitrogens is 3. The van der Waals surface area contributed by atoms with Gasteiger partial charge in [0, 0.05) is 0 Å². The monoisotopic (exact) mass is 408 g/mol. The number of carbonyl (C=O) groups is 1. The predicted octanol–water partition coefficient (Wildman–Crippen LogP) is 4.74. The van der Waals surface area contributed by atoms with E-state index in [1.165, 1.54) is 17.3 Å². The predicted molar refractivity (Wildman–Crippen MR) is 118 cm³/mol. The first-order valence-electron chi connectivity index (χ1n) is 9.91. The second kappa shape index (κ2) is 9.74. The summed E-state index contributed by atoms with van der Waals surface area (Å²) >= 11 is 1.39. The number of aryl methyl sites for hydroxylation is 1. The van der Waals surface area contributed by atoms with Crippen LogP contribution in [0.5, 0.6) is 0 Å². The van der Waals surface area contributed by atoms with Gasteiger partial charge in [-0.3, -0.25) is 9.36 Å². The van der Waals surface area contributed by atoms with E-state index in [-0.39, 0.29) is 11.9 Å². The number of benzene rings is 2. The van der Waals surface area contributed by atoms with Gasteiger partial charge in [0.15, 0.2) is 5.16 Å². The van der Waals surface area contributed by atoms with Crippen molar-refractivity contribution in [2.75, 3.05) is 5.75 Å². The lowest BCUT2D eigenvalue weighted by molar-refractivity contribution is -0.119. The van der Waals surface area contributed by atoms with Crippen LogP contribution in [0.25, 0.3) is 5.69 Å². The van der Waals surface area contributed by atoms with Crippen molar-refractivity contribution in [3.05, 3.63) is 71.5 Å². The van der Waals surface area contributed by atoms with Crippen LogP contribution >= 0.6 is 11.8 Å². The molecular weight excluding hydrogens is 380 g/mol. The highest BCUT2D eigenvalue weighted by Gasteiger charge is 2.14. The largest absolute Gasteiger partial charge is 0.349 e.